The summed E-state index contributed by atoms with van der Waals surface area (Å²) in [7, 11) is 3.19. The molecule has 1 unspecified atom stereocenters. The van der Waals surface area contributed by atoms with Gasteiger partial charge < -0.3 is 19.3 Å². The number of nitrogens with zero attached hydrogens (tertiary/aromatic N) is 2. The largest absolute Gasteiger partial charge is 0.493 e. The lowest BCUT2D eigenvalue weighted by Crippen LogP contribution is -2.14. The van der Waals surface area contributed by atoms with Gasteiger partial charge in [0.2, 0.25) is 0 Å². The number of benzene rings is 1. The Morgan fingerprint density at radius 2 is 2.20 bits per heavy atom. The number of aromatic nitrogens is 2. The average molecular weight is 275 g/mol. The van der Waals surface area contributed by atoms with Crippen LogP contribution in [0.2, 0.25) is 0 Å². The average Bonchev–Trinajstić information content (AvgIpc) is 3.16. The smallest absolute Gasteiger partial charge is 0.261 e. The third-order valence-corrected chi connectivity index (χ3v) is 3.45. The fraction of sp³-hybridized carbons (Fsp3) is 0.429. The molecule has 0 radical (unpaired) electrons. The SMILES string of the molecule is COc1cccc(-c2nc(C3CCCN3)no2)c1OC. The molecule has 0 bridgehead atoms. The van der Waals surface area contributed by atoms with Gasteiger partial charge in [0.05, 0.1) is 25.8 Å². The maximum absolute atomic E-state index is 5.39. The minimum atomic E-state index is 0.184. The fourth-order valence-electron chi connectivity index (χ4n) is 2.45. The van der Waals surface area contributed by atoms with Crippen LogP contribution < -0.4 is 14.8 Å². The highest BCUT2D eigenvalue weighted by Gasteiger charge is 2.23. The summed E-state index contributed by atoms with van der Waals surface area (Å²) in [4.78, 5) is 4.47. The molecule has 106 valence electrons. The Kier molecular flexibility index (Phi) is 3.56. The quantitative estimate of drug-likeness (QED) is 0.922. The van der Waals surface area contributed by atoms with E-state index >= 15 is 0 Å². The first-order valence-electron chi connectivity index (χ1n) is 6.62. The lowest BCUT2D eigenvalue weighted by atomic mass is 10.2. The molecule has 0 spiro atoms. The molecule has 1 aliphatic heterocycles. The molecule has 6 heteroatoms. The van der Waals surface area contributed by atoms with E-state index in [0.717, 1.165) is 24.9 Å². The van der Waals surface area contributed by atoms with Crippen LogP contribution in [0.15, 0.2) is 22.7 Å². The lowest BCUT2D eigenvalue weighted by molar-refractivity contribution is 0.353. The predicted octanol–water partition coefficient (Wildman–Crippen LogP) is 2.18. The summed E-state index contributed by atoms with van der Waals surface area (Å²) in [5, 5.41) is 7.41. The Labute approximate surface area is 117 Å². The van der Waals surface area contributed by atoms with Gasteiger partial charge in [0.1, 0.15) is 0 Å². The molecule has 1 fully saturated rings. The third-order valence-electron chi connectivity index (χ3n) is 3.45. The molecule has 0 amide bonds. The Hall–Kier alpha value is -2.08. The van der Waals surface area contributed by atoms with E-state index in [9.17, 15) is 0 Å². The van der Waals surface area contributed by atoms with Crippen molar-refractivity contribution in [2.24, 2.45) is 0 Å². The van der Waals surface area contributed by atoms with Gasteiger partial charge >= 0.3 is 0 Å². The third kappa shape index (κ3) is 2.22. The van der Waals surface area contributed by atoms with E-state index in [0.29, 0.717) is 23.2 Å². The first-order valence-corrected chi connectivity index (χ1v) is 6.62. The molecule has 6 nitrogen and oxygen atoms in total. The van der Waals surface area contributed by atoms with Crippen molar-refractivity contribution in [2.45, 2.75) is 18.9 Å². The van der Waals surface area contributed by atoms with E-state index in [1.54, 1.807) is 14.2 Å². The van der Waals surface area contributed by atoms with Crippen LogP contribution in [0.5, 0.6) is 11.5 Å². The number of methoxy groups -OCH3 is 2. The normalized spacial score (nSPS) is 18.2. The number of nitrogens with one attached hydrogen (secondary N) is 1. The van der Waals surface area contributed by atoms with Crippen molar-refractivity contribution in [3.05, 3.63) is 24.0 Å². The first kappa shape index (κ1) is 12.9. The lowest BCUT2D eigenvalue weighted by Gasteiger charge is -2.09. The van der Waals surface area contributed by atoms with E-state index in [-0.39, 0.29) is 6.04 Å². The molecule has 1 N–H and O–H groups in total. The van der Waals surface area contributed by atoms with Crippen molar-refractivity contribution >= 4 is 0 Å². The van der Waals surface area contributed by atoms with Crippen molar-refractivity contribution in [1.29, 1.82) is 0 Å². The van der Waals surface area contributed by atoms with Crippen LogP contribution in [0, 0.1) is 0 Å². The van der Waals surface area contributed by atoms with Gasteiger partial charge in [0.15, 0.2) is 17.3 Å². The summed E-state index contributed by atoms with van der Waals surface area (Å²) in [5.41, 5.74) is 0.739. The van der Waals surface area contributed by atoms with Gasteiger partial charge in [-0.2, -0.15) is 4.98 Å². The highest BCUT2D eigenvalue weighted by molar-refractivity contribution is 5.67. The summed E-state index contributed by atoms with van der Waals surface area (Å²) < 4.78 is 16.0. The van der Waals surface area contributed by atoms with Crippen LogP contribution in [0.25, 0.3) is 11.5 Å². The van der Waals surface area contributed by atoms with Crippen molar-refractivity contribution in [2.75, 3.05) is 20.8 Å². The second-order valence-electron chi connectivity index (χ2n) is 4.65. The van der Waals surface area contributed by atoms with Crippen LogP contribution >= 0.6 is 0 Å². The first-order chi connectivity index (χ1) is 9.83. The number of hydrogen-bond acceptors (Lipinski definition) is 6. The Bertz CT molecular complexity index is 591. The molecular formula is C14H17N3O3. The number of ether oxygens (including phenoxy) is 2. The van der Waals surface area contributed by atoms with E-state index in [2.05, 4.69) is 15.5 Å². The van der Waals surface area contributed by atoms with Gasteiger partial charge in [-0.15, -0.1) is 0 Å². The van der Waals surface area contributed by atoms with Crippen LogP contribution in [0.1, 0.15) is 24.7 Å². The molecule has 1 aromatic heterocycles. The molecular weight excluding hydrogens is 258 g/mol. The monoisotopic (exact) mass is 275 g/mol. The number of hydrogen-bond donors (Lipinski definition) is 1. The summed E-state index contributed by atoms with van der Waals surface area (Å²) in [5.74, 6) is 2.39. The molecule has 0 aliphatic carbocycles. The molecule has 1 aromatic carbocycles. The molecule has 1 atom stereocenters. The molecule has 2 heterocycles. The highest BCUT2D eigenvalue weighted by atomic mass is 16.5. The summed E-state index contributed by atoms with van der Waals surface area (Å²) in [6.45, 7) is 0.997. The summed E-state index contributed by atoms with van der Waals surface area (Å²) in [6.07, 6.45) is 2.17. The van der Waals surface area contributed by atoms with Crippen molar-refractivity contribution < 1.29 is 14.0 Å². The van der Waals surface area contributed by atoms with Crippen molar-refractivity contribution in [1.82, 2.24) is 15.5 Å². The van der Waals surface area contributed by atoms with Gasteiger partial charge in [-0.05, 0) is 31.5 Å². The Balaban J connectivity index is 1.96. The molecule has 2 aromatic rings. The summed E-state index contributed by atoms with van der Waals surface area (Å²) in [6, 6.07) is 5.76. The zero-order chi connectivity index (χ0) is 13.9. The minimum Gasteiger partial charge on any atom is -0.493 e. The topological polar surface area (TPSA) is 69.4 Å². The molecule has 1 saturated heterocycles. The maximum atomic E-state index is 5.39. The van der Waals surface area contributed by atoms with Crippen molar-refractivity contribution in [3.8, 4) is 23.0 Å². The van der Waals surface area contributed by atoms with Gasteiger partial charge in [0, 0.05) is 0 Å². The van der Waals surface area contributed by atoms with Gasteiger partial charge in [0.25, 0.3) is 5.89 Å². The van der Waals surface area contributed by atoms with Gasteiger partial charge in [-0.25, -0.2) is 0 Å². The van der Waals surface area contributed by atoms with E-state index < -0.39 is 0 Å². The van der Waals surface area contributed by atoms with Crippen LogP contribution in [-0.4, -0.2) is 30.9 Å². The van der Waals surface area contributed by atoms with E-state index in [1.807, 2.05) is 18.2 Å². The molecule has 20 heavy (non-hydrogen) atoms. The standard InChI is InChI=1S/C14H17N3O3/c1-18-11-7-3-5-9(12(11)19-2)14-16-13(17-20-14)10-6-4-8-15-10/h3,5,7,10,15H,4,6,8H2,1-2H3. The van der Waals surface area contributed by atoms with Gasteiger partial charge in [-0.1, -0.05) is 11.2 Å². The second-order valence-corrected chi connectivity index (χ2v) is 4.65. The number of para-hydroxylation sites is 1. The van der Waals surface area contributed by atoms with Crippen LogP contribution in [0.4, 0.5) is 0 Å². The fourth-order valence-corrected chi connectivity index (χ4v) is 2.45. The minimum absolute atomic E-state index is 0.184. The highest BCUT2D eigenvalue weighted by Crippen LogP contribution is 2.37. The Morgan fingerprint density at radius 3 is 2.90 bits per heavy atom. The molecule has 1 aliphatic rings. The zero-order valence-corrected chi connectivity index (χ0v) is 11.5. The van der Waals surface area contributed by atoms with Gasteiger partial charge in [-0.3, -0.25) is 0 Å². The van der Waals surface area contributed by atoms with Crippen molar-refractivity contribution in [3.63, 3.8) is 0 Å². The molecule has 0 saturated carbocycles. The molecule has 3 rings (SSSR count). The van der Waals surface area contributed by atoms with E-state index in [4.69, 9.17) is 14.0 Å². The number of rotatable bonds is 4. The van der Waals surface area contributed by atoms with E-state index in [1.165, 1.54) is 0 Å². The van der Waals surface area contributed by atoms with Crippen LogP contribution in [-0.2, 0) is 0 Å². The maximum Gasteiger partial charge on any atom is 0.261 e. The predicted molar refractivity (Wildman–Crippen MR) is 72.8 cm³/mol. The summed E-state index contributed by atoms with van der Waals surface area (Å²) >= 11 is 0. The van der Waals surface area contributed by atoms with Crippen LogP contribution in [0.3, 0.4) is 0 Å². The zero-order valence-electron chi connectivity index (χ0n) is 11.5. The Morgan fingerprint density at radius 1 is 1.30 bits per heavy atom. The second kappa shape index (κ2) is 5.50.